The van der Waals surface area contributed by atoms with Gasteiger partial charge in [0.15, 0.2) is 17.4 Å². The van der Waals surface area contributed by atoms with Crippen molar-refractivity contribution in [2.24, 2.45) is 0 Å². The van der Waals surface area contributed by atoms with Crippen LogP contribution in [0.25, 0.3) is 11.0 Å². The van der Waals surface area contributed by atoms with Crippen LogP contribution in [-0.2, 0) is 0 Å². The molecule has 1 N–H and O–H groups in total. The minimum absolute atomic E-state index is 0.397. The van der Waals surface area contributed by atoms with Crippen LogP contribution in [-0.4, -0.2) is 5.11 Å². The Bertz CT molecular complexity index is 701. The fourth-order valence-electron chi connectivity index (χ4n) is 1.81. The number of para-hydroxylation sites is 1. The van der Waals surface area contributed by atoms with Crippen molar-refractivity contribution < 1.29 is 13.9 Å². The van der Waals surface area contributed by atoms with Gasteiger partial charge < -0.3 is 13.9 Å². The molecule has 0 saturated carbocycles. The fourth-order valence-corrected chi connectivity index (χ4v) is 2.45. The summed E-state index contributed by atoms with van der Waals surface area (Å²) in [6, 6.07) is 8.92. The second-order valence-electron chi connectivity index (χ2n) is 3.84. The number of hydrogen-bond donors (Lipinski definition) is 1. The average molecular weight is 328 g/mol. The van der Waals surface area contributed by atoms with Crippen LogP contribution in [0.4, 0.5) is 0 Å². The summed E-state index contributed by atoms with van der Waals surface area (Å²) >= 11 is 9.32. The van der Waals surface area contributed by atoms with Crippen LogP contribution < -0.4 is 0 Å². The summed E-state index contributed by atoms with van der Waals surface area (Å²) in [6.07, 6.45) is 0.538. The number of aliphatic hydroxyl groups excluding tert-OH is 1. The SMILES string of the molecule is OC(c1cc2cccc(Cl)c2o1)c1occc1Br. The van der Waals surface area contributed by atoms with E-state index in [0.717, 1.165) is 5.39 Å². The van der Waals surface area contributed by atoms with Crippen LogP contribution in [0.5, 0.6) is 0 Å². The van der Waals surface area contributed by atoms with E-state index in [1.807, 2.05) is 12.1 Å². The molecule has 18 heavy (non-hydrogen) atoms. The van der Waals surface area contributed by atoms with Gasteiger partial charge in [-0.05, 0) is 34.1 Å². The van der Waals surface area contributed by atoms with Gasteiger partial charge in [0.1, 0.15) is 5.76 Å². The highest BCUT2D eigenvalue weighted by molar-refractivity contribution is 9.10. The molecule has 92 valence electrons. The van der Waals surface area contributed by atoms with Crippen LogP contribution >= 0.6 is 27.5 Å². The lowest BCUT2D eigenvalue weighted by Gasteiger charge is -2.04. The van der Waals surface area contributed by atoms with E-state index in [9.17, 15) is 5.11 Å². The third-order valence-electron chi connectivity index (χ3n) is 2.68. The first kappa shape index (κ1) is 11.8. The smallest absolute Gasteiger partial charge is 0.170 e. The summed E-state index contributed by atoms with van der Waals surface area (Å²) in [4.78, 5) is 0. The summed E-state index contributed by atoms with van der Waals surface area (Å²) in [6.45, 7) is 0. The van der Waals surface area contributed by atoms with Crippen molar-refractivity contribution in [3.63, 3.8) is 0 Å². The van der Waals surface area contributed by atoms with Crippen molar-refractivity contribution in [1.29, 1.82) is 0 Å². The topological polar surface area (TPSA) is 46.5 Å². The third kappa shape index (κ3) is 1.86. The van der Waals surface area contributed by atoms with Crippen LogP contribution in [0, 0.1) is 0 Å². The Morgan fingerprint density at radius 3 is 2.78 bits per heavy atom. The molecule has 1 aromatic carbocycles. The Hall–Kier alpha value is -1.23. The Morgan fingerprint density at radius 2 is 2.11 bits per heavy atom. The minimum atomic E-state index is -0.960. The molecule has 3 nitrogen and oxygen atoms in total. The highest BCUT2D eigenvalue weighted by Crippen LogP contribution is 2.34. The van der Waals surface area contributed by atoms with Crippen molar-refractivity contribution in [2.45, 2.75) is 6.10 Å². The van der Waals surface area contributed by atoms with Gasteiger partial charge in [-0.2, -0.15) is 0 Å². The molecule has 0 spiro atoms. The lowest BCUT2D eigenvalue weighted by Crippen LogP contribution is -1.96. The molecule has 1 atom stereocenters. The molecule has 0 bridgehead atoms. The van der Waals surface area contributed by atoms with E-state index >= 15 is 0 Å². The zero-order valence-corrected chi connectivity index (χ0v) is 11.4. The van der Waals surface area contributed by atoms with Gasteiger partial charge in [0.2, 0.25) is 0 Å². The second kappa shape index (κ2) is 4.46. The first-order chi connectivity index (χ1) is 8.66. The molecule has 3 aromatic rings. The van der Waals surface area contributed by atoms with Crippen molar-refractivity contribution in [2.75, 3.05) is 0 Å². The van der Waals surface area contributed by atoms with Crippen molar-refractivity contribution in [1.82, 2.24) is 0 Å². The monoisotopic (exact) mass is 326 g/mol. The van der Waals surface area contributed by atoms with Gasteiger partial charge in [0.05, 0.1) is 15.8 Å². The van der Waals surface area contributed by atoms with Gasteiger partial charge in [-0.25, -0.2) is 0 Å². The number of fused-ring (bicyclic) bond motifs is 1. The van der Waals surface area contributed by atoms with Crippen LogP contribution in [0.1, 0.15) is 17.6 Å². The maximum atomic E-state index is 10.2. The van der Waals surface area contributed by atoms with Gasteiger partial charge in [-0.3, -0.25) is 0 Å². The molecule has 0 fully saturated rings. The highest BCUT2D eigenvalue weighted by Gasteiger charge is 2.21. The predicted octanol–water partition coefficient (Wildman–Crippen LogP) is 4.52. The summed E-state index contributed by atoms with van der Waals surface area (Å²) in [5, 5.41) is 11.6. The Balaban J connectivity index is 2.10. The van der Waals surface area contributed by atoms with E-state index in [2.05, 4.69) is 15.9 Å². The Morgan fingerprint density at radius 1 is 1.28 bits per heavy atom. The highest BCUT2D eigenvalue weighted by atomic mass is 79.9. The van der Waals surface area contributed by atoms with Gasteiger partial charge in [-0.15, -0.1) is 0 Å². The first-order valence-corrected chi connectivity index (χ1v) is 6.43. The molecule has 1 unspecified atom stereocenters. The van der Waals surface area contributed by atoms with Crippen molar-refractivity contribution in [3.8, 4) is 0 Å². The first-order valence-electron chi connectivity index (χ1n) is 5.25. The molecule has 0 aliphatic heterocycles. The third-order valence-corrected chi connectivity index (χ3v) is 3.63. The molecule has 0 radical (unpaired) electrons. The summed E-state index contributed by atoms with van der Waals surface area (Å²) < 4.78 is 11.5. The molecule has 2 heterocycles. The standard InChI is InChI=1S/C13H8BrClO3/c14-8-4-5-17-13(8)11(16)10-6-7-2-1-3-9(15)12(7)18-10/h1-6,11,16H. The number of benzene rings is 1. The maximum absolute atomic E-state index is 10.2. The molecule has 0 amide bonds. The van der Waals surface area contributed by atoms with E-state index in [-0.39, 0.29) is 0 Å². The van der Waals surface area contributed by atoms with Gasteiger partial charge >= 0.3 is 0 Å². The minimum Gasteiger partial charge on any atom is -0.465 e. The quantitative estimate of drug-likeness (QED) is 0.752. The number of hydrogen-bond acceptors (Lipinski definition) is 3. The lowest BCUT2D eigenvalue weighted by atomic mass is 10.2. The normalized spacial score (nSPS) is 13.1. The van der Waals surface area contributed by atoms with E-state index in [1.165, 1.54) is 6.26 Å². The summed E-state index contributed by atoms with van der Waals surface area (Å²) in [5.74, 6) is 0.805. The largest absolute Gasteiger partial charge is 0.465 e. The van der Waals surface area contributed by atoms with Crippen molar-refractivity contribution in [3.05, 3.63) is 57.6 Å². The zero-order chi connectivity index (χ0) is 12.7. The molecular weight excluding hydrogens is 319 g/mol. The predicted molar refractivity (Wildman–Crippen MR) is 71.7 cm³/mol. The van der Waals surface area contributed by atoms with Crippen LogP contribution in [0.3, 0.4) is 0 Å². The van der Waals surface area contributed by atoms with Crippen LogP contribution in [0.2, 0.25) is 5.02 Å². The van der Waals surface area contributed by atoms with E-state index < -0.39 is 6.10 Å². The van der Waals surface area contributed by atoms with Gasteiger partial charge in [0.25, 0.3) is 0 Å². The molecule has 0 saturated heterocycles. The molecule has 2 aromatic heterocycles. The molecule has 0 aliphatic carbocycles. The fraction of sp³-hybridized carbons (Fsp3) is 0.0769. The molecule has 0 aliphatic rings. The molecule has 5 heteroatoms. The van der Waals surface area contributed by atoms with Gasteiger partial charge in [-0.1, -0.05) is 23.7 Å². The number of aliphatic hydroxyl groups is 1. The summed E-state index contributed by atoms with van der Waals surface area (Å²) in [5.41, 5.74) is 0.566. The second-order valence-corrected chi connectivity index (χ2v) is 5.10. The number of rotatable bonds is 2. The van der Waals surface area contributed by atoms with Crippen molar-refractivity contribution >= 4 is 38.5 Å². The van der Waals surface area contributed by atoms with E-state index in [0.29, 0.717) is 26.6 Å². The van der Waals surface area contributed by atoms with Crippen LogP contribution in [0.15, 0.2) is 49.9 Å². The zero-order valence-electron chi connectivity index (χ0n) is 9.06. The Kier molecular flexibility index (Phi) is 2.93. The summed E-state index contributed by atoms with van der Waals surface area (Å²) in [7, 11) is 0. The van der Waals surface area contributed by atoms with E-state index in [1.54, 1.807) is 18.2 Å². The molecule has 3 rings (SSSR count). The number of furan rings is 2. The average Bonchev–Trinajstić information content (AvgIpc) is 2.95. The lowest BCUT2D eigenvalue weighted by molar-refractivity contribution is 0.164. The van der Waals surface area contributed by atoms with E-state index in [4.69, 9.17) is 20.4 Å². The molecular formula is C13H8BrClO3. The Labute approximate surface area is 116 Å². The van der Waals surface area contributed by atoms with Gasteiger partial charge in [0, 0.05) is 5.39 Å². The number of halogens is 2. The maximum Gasteiger partial charge on any atom is 0.170 e.